The van der Waals surface area contributed by atoms with E-state index in [1.807, 2.05) is 25.1 Å². The summed E-state index contributed by atoms with van der Waals surface area (Å²) in [6.45, 7) is 3.53. The molecule has 0 spiro atoms. The zero-order valence-corrected chi connectivity index (χ0v) is 15.8. The van der Waals surface area contributed by atoms with Gasteiger partial charge in [0.15, 0.2) is 6.10 Å². The molecule has 3 rings (SSSR count). The third kappa shape index (κ3) is 5.33. The summed E-state index contributed by atoms with van der Waals surface area (Å²) in [4.78, 5) is 36.0. The number of aryl methyl sites for hydroxylation is 1. The summed E-state index contributed by atoms with van der Waals surface area (Å²) in [5, 5.41) is 2.81. The highest BCUT2D eigenvalue weighted by molar-refractivity contribution is 5.97. The van der Waals surface area contributed by atoms with Crippen LogP contribution in [0.1, 0.15) is 35.7 Å². The monoisotopic (exact) mass is 381 g/mol. The molecule has 146 valence electrons. The highest BCUT2D eigenvalue weighted by Gasteiger charge is 2.29. The van der Waals surface area contributed by atoms with E-state index in [-0.39, 0.29) is 11.8 Å². The number of anilines is 1. The van der Waals surface area contributed by atoms with Crippen LogP contribution in [0.25, 0.3) is 0 Å². The summed E-state index contributed by atoms with van der Waals surface area (Å²) in [5.74, 6) is -0.230. The van der Waals surface area contributed by atoms with Crippen LogP contribution in [0.2, 0.25) is 0 Å². The first-order valence-electron chi connectivity index (χ1n) is 9.17. The molecule has 0 bridgehead atoms. The maximum atomic E-state index is 12.2. The molecule has 0 radical (unpaired) electrons. The molecule has 1 unspecified atom stereocenters. The van der Waals surface area contributed by atoms with Gasteiger partial charge in [0.05, 0.1) is 0 Å². The van der Waals surface area contributed by atoms with Crippen molar-refractivity contribution in [1.29, 1.82) is 0 Å². The van der Waals surface area contributed by atoms with E-state index in [1.54, 1.807) is 37.3 Å². The van der Waals surface area contributed by atoms with Crippen molar-refractivity contribution in [3.63, 3.8) is 0 Å². The lowest BCUT2D eigenvalue weighted by Crippen LogP contribution is -2.47. The molecule has 1 fully saturated rings. The summed E-state index contributed by atoms with van der Waals surface area (Å²) >= 11 is 0. The van der Waals surface area contributed by atoms with Crippen LogP contribution in [0.15, 0.2) is 48.5 Å². The fourth-order valence-electron chi connectivity index (χ4n) is 2.53. The molecule has 0 aliphatic heterocycles. The first-order chi connectivity index (χ1) is 13.4. The topological polar surface area (TPSA) is 96.5 Å². The van der Waals surface area contributed by atoms with Gasteiger partial charge in [0.2, 0.25) is 5.91 Å². The summed E-state index contributed by atoms with van der Waals surface area (Å²) in [6.07, 6.45) is 1.08. The number of nitrogens with one attached hydrogen (secondary N) is 3. The lowest BCUT2D eigenvalue weighted by atomic mass is 10.2. The number of benzene rings is 2. The van der Waals surface area contributed by atoms with Gasteiger partial charge in [-0.2, -0.15) is 0 Å². The standard InChI is InChI=1S/C21H23N3O4/c1-13-4-3-5-18(12-13)28-14(2)19(25)23-24-21(27)16-8-10-17(11-9-16)22-20(26)15-6-7-15/h3-5,8-12,14-15H,6-7H2,1-2H3,(H,22,26)(H,23,25)(H,24,27). The molecule has 0 aromatic heterocycles. The highest BCUT2D eigenvalue weighted by atomic mass is 16.5. The number of hydrazine groups is 1. The third-order valence-electron chi connectivity index (χ3n) is 4.33. The number of ether oxygens (including phenoxy) is 1. The van der Waals surface area contributed by atoms with Crippen LogP contribution < -0.4 is 20.9 Å². The largest absolute Gasteiger partial charge is 0.481 e. The van der Waals surface area contributed by atoms with Gasteiger partial charge in [-0.3, -0.25) is 25.2 Å². The van der Waals surface area contributed by atoms with Crippen molar-refractivity contribution in [2.24, 2.45) is 5.92 Å². The van der Waals surface area contributed by atoms with Crippen molar-refractivity contribution in [2.45, 2.75) is 32.8 Å². The molecule has 1 aliphatic rings. The van der Waals surface area contributed by atoms with E-state index in [4.69, 9.17) is 4.74 Å². The molecule has 1 atom stereocenters. The summed E-state index contributed by atoms with van der Waals surface area (Å²) in [5.41, 5.74) is 6.73. The minimum Gasteiger partial charge on any atom is -0.481 e. The second-order valence-corrected chi connectivity index (χ2v) is 6.86. The predicted molar refractivity (Wildman–Crippen MR) is 105 cm³/mol. The molecule has 7 nitrogen and oxygen atoms in total. The van der Waals surface area contributed by atoms with Gasteiger partial charge in [-0.15, -0.1) is 0 Å². The van der Waals surface area contributed by atoms with Crippen LogP contribution in [0.4, 0.5) is 5.69 Å². The van der Waals surface area contributed by atoms with Crippen molar-refractivity contribution in [3.8, 4) is 5.75 Å². The second-order valence-electron chi connectivity index (χ2n) is 6.86. The van der Waals surface area contributed by atoms with Gasteiger partial charge < -0.3 is 10.1 Å². The predicted octanol–water partition coefficient (Wildman–Crippen LogP) is 2.57. The molecular weight excluding hydrogens is 358 g/mol. The van der Waals surface area contributed by atoms with E-state index in [1.165, 1.54) is 0 Å². The van der Waals surface area contributed by atoms with Crippen LogP contribution in [0, 0.1) is 12.8 Å². The number of hydrogen-bond acceptors (Lipinski definition) is 4. The Bertz CT molecular complexity index is 875. The number of rotatable bonds is 6. The highest BCUT2D eigenvalue weighted by Crippen LogP contribution is 2.30. The van der Waals surface area contributed by atoms with Gasteiger partial charge in [0.1, 0.15) is 5.75 Å². The number of amides is 3. The molecule has 0 saturated heterocycles. The Labute approximate surface area is 163 Å². The van der Waals surface area contributed by atoms with Gasteiger partial charge in [0, 0.05) is 17.2 Å². The van der Waals surface area contributed by atoms with Crippen molar-refractivity contribution < 1.29 is 19.1 Å². The molecule has 3 amide bonds. The van der Waals surface area contributed by atoms with Crippen LogP contribution >= 0.6 is 0 Å². The molecule has 28 heavy (non-hydrogen) atoms. The summed E-state index contributed by atoms with van der Waals surface area (Å²) in [7, 11) is 0. The van der Waals surface area contributed by atoms with Crippen LogP contribution in [-0.4, -0.2) is 23.8 Å². The van der Waals surface area contributed by atoms with Crippen molar-refractivity contribution in [2.75, 3.05) is 5.32 Å². The average molecular weight is 381 g/mol. The SMILES string of the molecule is Cc1cccc(OC(C)C(=O)NNC(=O)c2ccc(NC(=O)C3CC3)cc2)c1. The average Bonchev–Trinajstić information content (AvgIpc) is 3.51. The van der Waals surface area contributed by atoms with E-state index >= 15 is 0 Å². The molecule has 1 saturated carbocycles. The lowest BCUT2D eigenvalue weighted by molar-refractivity contribution is -0.128. The Balaban J connectivity index is 1.47. The fraction of sp³-hybridized carbons (Fsp3) is 0.286. The Morgan fingerprint density at radius 3 is 2.39 bits per heavy atom. The van der Waals surface area contributed by atoms with E-state index in [2.05, 4.69) is 16.2 Å². The molecule has 2 aromatic carbocycles. The van der Waals surface area contributed by atoms with Crippen LogP contribution in [-0.2, 0) is 9.59 Å². The van der Waals surface area contributed by atoms with Gasteiger partial charge in [0.25, 0.3) is 11.8 Å². The molecule has 3 N–H and O–H groups in total. The molecule has 7 heteroatoms. The Kier molecular flexibility index (Phi) is 5.93. The third-order valence-corrected chi connectivity index (χ3v) is 4.33. The van der Waals surface area contributed by atoms with Gasteiger partial charge in [-0.05, 0) is 68.7 Å². The molecule has 0 heterocycles. The van der Waals surface area contributed by atoms with Crippen LogP contribution in [0.5, 0.6) is 5.75 Å². The minimum atomic E-state index is -0.776. The Hall–Kier alpha value is -3.35. The molecule has 2 aromatic rings. The van der Waals surface area contributed by atoms with Crippen molar-refractivity contribution in [1.82, 2.24) is 10.9 Å². The zero-order valence-electron chi connectivity index (χ0n) is 15.8. The molecular formula is C21H23N3O4. The summed E-state index contributed by atoms with van der Waals surface area (Å²) in [6, 6.07) is 13.8. The van der Waals surface area contributed by atoms with Crippen LogP contribution in [0.3, 0.4) is 0 Å². The number of carbonyl (C=O) groups is 3. The van der Waals surface area contributed by atoms with Crippen molar-refractivity contribution >= 4 is 23.4 Å². The quantitative estimate of drug-likeness (QED) is 0.670. The lowest BCUT2D eigenvalue weighted by Gasteiger charge is -2.15. The fourth-order valence-corrected chi connectivity index (χ4v) is 2.53. The molecule has 1 aliphatic carbocycles. The normalized spacial score (nSPS) is 13.9. The maximum Gasteiger partial charge on any atom is 0.279 e. The minimum absolute atomic E-state index is 0.00654. The van der Waals surface area contributed by atoms with E-state index < -0.39 is 17.9 Å². The number of hydrogen-bond donors (Lipinski definition) is 3. The first-order valence-corrected chi connectivity index (χ1v) is 9.17. The zero-order chi connectivity index (χ0) is 20.1. The maximum absolute atomic E-state index is 12.2. The summed E-state index contributed by atoms with van der Waals surface area (Å²) < 4.78 is 5.57. The van der Waals surface area contributed by atoms with Gasteiger partial charge in [-0.1, -0.05) is 12.1 Å². The van der Waals surface area contributed by atoms with Crippen molar-refractivity contribution in [3.05, 3.63) is 59.7 Å². The van der Waals surface area contributed by atoms with E-state index in [0.29, 0.717) is 17.0 Å². The first kappa shape index (κ1) is 19.4. The van der Waals surface area contributed by atoms with Gasteiger partial charge in [-0.25, -0.2) is 0 Å². The smallest absolute Gasteiger partial charge is 0.279 e. The number of carbonyl (C=O) groups excluding carboxylic acids is 3. The second kappa shape index (κ2) is 8.56. The van der Waals surface area contributed by atoms with Gasteiger partial charge >= 0.3 is 0 Å². The van der Waals surface area contributed by atoms with E-state index in [0.717, 1.165) is 18.4 Å². The Morgan fingerprint density at radius 1 is 1.04 bits per heavy atom. The van der Waals surface area contributed by atoms with E-state index in [9.17, 15) is 14.4 Å². The Morgan fingerprint density at radius 2 is 1.75 bits per heavy atom.